The topological polar surface area (TPSA) is 59.5 Å². The van der Waals surface area contributed by atoms with Gasteiger partial charge in [-0.15, -0.1) is 0 Å². The number of aliphatic hydroxyl groups is 1. The van der Waals surface area contributed by atoms with Gasteiger partial charge in [-0.2, -0.15) is 5.10 Å². The lowest BCUT2D eigenvalue weighted by Gasteiger charge is -2.26. The summed E-state index contributed by atoms with van der Waals surface area (Å²) >= 11 is 0. The lowest BCUT2D eigenvalue weighted by atomic mass is 9.89. The molecule has 2 heterocycles. The van der Waals surface area contributed by atoms with E-state index in [2.05, 4.69) is 5.10 Å². The molecule has 0 aliphatic carbocycles. The normalized spacial score (nSPS) is 14.1. The van der Waals surface area contributed by atoms with Crippen molar-refractivity contribution in [3.05, 3.63) is 35.0 Å². The predicted octanol–water partition coefficient (Wildman–Crippen LogP) is 0.903. The fraction of sp³-hybridized carbons (Fsp3) is 0.500. The summed E-state index contributed by atoms with van der Waals surface area (Å²) in [6.45, 7) is 6.13. The highest BCUT2D eigenvalue weighted by atomic mass is 16.3. The molecule has 0 aliphatic heterocycles. The van der Waals surface area contributed by atoms with Gasteiger partial charge in [0.25, 0.3) is 5.56 Å². The van der Waals surface area contributed by atoms with E-state index in [0.29, 0.717) is 12.1 Å². The van der Waals surface area contributed by atoms with E-state index >= 15 is 0 Å². The first-order valence-electron chi connectivity index (χ1n) is 5.60. The van der Waals surface area contributed by atoms with Crippen LogP contribution in [0.3, 0.4) is 0 Å². The zero-order chi connectivity index (χ0) is 12.6. The summed E-state index contributed by atoms with van der Waals surface area (Å²) in [5.41, 5.74) is 0.146. The maximum absolute atomic E-state index is 12.0. The minimum absolute atomic E-state index is 0.131. The van der Waals surface area contributed by atoms with E-state index in [-0.39, 0.29) is 11.0 Å². The Balaban J connectivity index is 2.37. The molecule has 0 amide bonds. The van der Waals surface area contributed by atoms with E-state index in [4.69, 9.17) is 0 Å². The molecule has 17 heavy (non-hydrogen) atoms. The molecule has 0 aromatic carbocycles. The second kappa shape index (κ2) is 4.00. The molecule has 5 heteroatoms. The van der Waals surface area contributed by atoms with Gasteiger partial charge in [-0.1, -0.05) is 20.8 Å². The zero-order valence-corrected chi connectivity index (χ0v) is 10.3. The zero-order valence-electron chi connectivity index (χ0n) is 10.3. The summed E-state index contributed by atoms with van der Waals surface area (Å²) in [6, 6.07) is 1.67. The van der Waals surface area contributed by atoms with Gasteiger partial charge < -0.3 is 9.67 Å². The van der Waals surface area contributed by atoms with Crippen molar-refractivity contribution in [3.63, 3.8) is 0 Å². The molecule has 2 aromatic heterocycles. The van der Waals surface area contributed by atoms with Gasteiger partial charge in [-0.25, -0.2) is 4.52 Å². The number of rotatable bonds is 2. The van der Waals surface area contributed by atoms with Crippen LogP contribution in [-0.4, -0.2) is 25.4 Å². The smallest absolute Gasteiger partial charge is 0.276 e. The van der Waals surface area contributed by atoms with Gasteiger partial charge >= 0.3 is 0 Å². The Labute approximate surface area is 99.3 Å². The third kappa shape index (κ3) is 2.24. The quantitative estimate of drug-likeness (QED) is 0.841. The number of aromatic nitrogens is 3. The third-order valence-corrected chi connectivity index (χ3v) is 2.91. The van der Waals surface area contributed by atoms with Gasteiger partial charge in [-0.3, -0.25) is 4.79 Å². The van der Waals surface area contributed by atoms with E-state index in [0.717, 1.165) is 0 Å². The average molecular weight is 235 g/mol. The molecule has 2 aromatic rings. The Bertz CT molecular complexity index is 577. The van der Waals surface area contributed by atoms with Gasteiger partial charge in [0.05, 0.1) is 18.8 Å². The molecule has 0 saturated heterocycles. The van der Waals surface area contributed by atoms with Gasteiger partial charge in [-0.05, 0) is 11.5 Å². The molecule has 0 spiro atoms. The number of nitrogens with zero attached hydrogens (tertiary/aromatic N) is 3. The van der Waals surface area contributed by atoms with E-state index in [1.165, 1.54) is 9.08 Å². The molecule has 1 unspecified atom stereocenters. The van der Waals surface area contributed by atoms with Crippen LogP contribution in [0.25, 0.3) is 5.52 Å². The largest absolute Gasteiger partial charge is 0.391 e. The van der Waals surface area contributed by atoms with Crippen LogP contribution in [-0.2, 0) is 6.54 Å². The summed E-state index contributed by atoms with van der Waals surface area (Å²) in [5, 5.41) is 14.0. The Hall–Kier alpha value is -1.62. The van der Waals surface area contributed by atoms with Gasteiger partial charge in [0.2, 0.25) is 0 Å². The van der Waals surface area contributed by atoms with Crippen LogP contribution in [0, 0.1) is 5.41 Å². The second-order valence-corrected chi connectivity index (χ2v) is 5.30. The van der Waals surface area contributed by atoms with Gasteiger partial charge in [0.1, 0.15) is 5.52 Å². The minimum Gasteiger partial charge on any atom is -0.391 e. The lowest BCUT2D eigenvalue weighted by molar-refractivity contribution is 0.0472. The molecule has 0 radical (unpaired) electrons. The Morgan fingerprint density at radius 3 is 2.76 bits per heavy atom. The average Bonchev–Trinajstić information content (AvgIpc) is 2.69. The van der Waals surface area contributed by atoms with Gasteiger partial charge in [0.15, 0.2) is 0 Å². The van der Waals surface area contributed by atoms with Crippen LogP contribution < -0.4 is 5.56 Å². The number of hydrogen-bond acceptors (Lipinski definition) is 3. The predicted molar refractivity (Wildman–Crippen MR) is 64.9 cm³/mol. The van der Waals surface area contributed by atoms with E-state index in [1.807, 2.05) is 20.8 Å². The molecule has 0 aliphatic rings. The molecule has 92 valence electrons. The maximum atomic E-state index is 12.0. The van der Waals surface area contributed by atoms with Crippen LogP contribution in [0.5, 0.6) is 0 Å². The summed E-state index contributed by atoms with van der Waals surface area (Å²) in [7, 11) is 0. The molecule has 0 fully saturated rings. The monoisotopic (exact) mass is 235 g/mol. The lowest BCUT2D eigenvalue weighted by Crippen LogP contribution is -2.34. The van der Waals surface area contributed by atoms with Crippen molar-refractivity contribution in [1.82, 2.24) is 14.2 Å². The molecule has 5 nitrogen and oxygen atoms in total. The summed E-state index contributed by atoms with van der Waals surface area (Å²) < 4.78 is 3.05. The Kier molecular flexibility index (Phi) is 2.79. The first kappa shape index (κ1) is 11.9. The van der Waals surface area contributed by atoms with Crippen molar-refractivity contribution in [2.75, 3.05) is 0 Å². The number of fused-ring (bicyclic) bond motifs is 1. The second-order valence-electron chi connectivity index (χ2n) is 5.30. The summed E-state index contributed by atoms with van der Waals surface area (Å²) in [5.74, 6) is 0. The van der Waals surface area contributed by atoms with E-state index in [9.17, 15) is 9.90 Å². The first-order valence-corrected chi connectivity index (χ1v) is 5.60. The molecular weight excluding hydrogens is 218 g/mol. The maximum Gasteiger partial charge on any atom is 0.276 e. The molecule has 1 atom stereocenters. The highest BCUT2D eigenvalue weighted by Crippen LogP contribution is 2.19. The van der Waals surface area contributed by atoms with Crippen molar-refractivity contribution >= 4 is 5.52 Å². The van der Waals surface area contributed by atoms with Gasteiger partial charge in [0, 0.05) is 12.4 Å². The van der Waals surface area contributed by atoms with E-state index < -0.39 is 6.10 Å². The standard InChI is InChI=1S/C12H17N3O2/c1-12(2,3)10(16)8-14-6-7-15-9(11(14)17)4-5-13-15/h4-7,10,16H,8H2,1-3H3. The van der Waals surface area contributed by atoms with E-state index in [1.54, 1.807) is 24.7 Å². The third-order valence-electron chi connectivity index (χ3n) is 2.91. The van der Waals surface area contributed by atoms with Crippen molar-refractivity contribution < 1.29 is 5.11 Å². The highest BCUT2D eigenvalue weighted by Gasteiger charge is 2.22. The summed E-state index contributed by atoms with van der Waals surface area (Å²) in [6.07, 6.45) is 4.38. The molecule has 1 N–H and O–H groups in total. The van der Waals surface area contributed by atoms with Crippen LogP contribution in [0.2, 0.25) is 0 Å². The molecule has 0 bridgehead atoms. The molecular formula is C12H17N3O2. The minimum atomic E-state index is -0.564. The molecule has 2 rings (SSSR count). The first-order chi connectivity index (χ1) is 7.89. The fourth-order valence-corrected chi connectivity index (χ4v) is 1.56. The summed E-state index contributed by atoms with van der Waals surface area (Å²) in [4.78, 5) is 12.0. The van der Waals surface area contributed by atoms with Crippen LogP contribution in [0.15, 0.2) is 29.5 Å². The highest BCUT2D eigenvalue weighted by molar-refractivity contribution is 5.42. The van der Waals surface area contributed by atoms with Crippen molar-refractivity contribution in [1.29, 1.82) is 0 Å². The van der Waals surface area contributed by atoms with Crippen LogP contribution in [0.1, 0.15) is 20.8 Å². The number of aliphatic hydroxyl groups excluding tert-OH is 1. The fourth-order valence-electron chi connectivity index (χ4n) is 1.56. The van der Waals surface area contributed by atoms with Crippen molar-refractivity contribution in [2.24, 2.45) is 5.41 Å². The van der Waals surface area contributed by atoms with Crippen LogP contribution in [0.4, 0.5) is 0 Å². The SMILES string of the molecule is CC(C)(C)C(O)Cn1ccn2nccc2c1=O. The number of hydrogen-bond donors (Lipinski definition) is 1. The Morgan fingerprint density at radius 1 is 1.41 bits per heavy atom. The van der Waals surface area contributed by atoms with Crippen LogP contribution >= 0.6 is 0 Å². The van der Waals surface area contributed by atoms with Crippen molar-refractivity contribution in [3.8, 4) is 0 Å². The van der Waals surface area contributed by atoms with Crippen molar-refractivity contribution in [2.45, 2.75) is 33.4 Å². The molecule has 0 saturated carbocycles. The Morgan fingerprint density at radius 2 is 2.12 bits per heavy atom.